The van der Waals surface area contributed by atoms with E-state index >= 15 is 0 Å². The summed E-state index contributed by atoms with van der Waals surface area (Å²) in [5.41, 5.74) is 1.14. The van der Waals surface area contributed by atoms with Crippen molar-refractivity contribution < 1.29 is 14.3 Å². The van der Waals surface area contributed by atoms with E-state index in [4.69, 9.17) is 4.74 Å². The highest BCUT2D eigenvalue weighted by Gasteiger charge is 2.61. The first kappa shape index (κ1) is 16.3. The lowest BCUT2D eigenvalue weighted by Crippen LogP contribution is -2.57. The molecule has 0 radical (unpaired) electrons. The molecule has 0 aromatic heterocycles. The fourth-order valence-electron chi connectivity index (χ4n) is 6.41. The highest BCUT2D eigenvalue weighted by Crippen LogP contribution is 2.66. The van der Waals surface area contributed by atoms with Crippen LogP contribution in [0.3, 0.4) is 0 Å². The largest absolute Gasteiger partial charge is 0.455 e. The van der Waals surface area contributed by atoms with Gasteiger partial charge < -0.3 is 10.1 Å². The minimum atomic E-state index is -0.375. The SMILES string of the molecule is O=C(COC(=O)C12C[C@H]3C[C@@H](C1)CC(c1ccccc1)(C3)C2)NC1CC1. The van der Waals surface area contributed by atoms with Crippen LogP contribution < -0.4 is 5.32 Å². The Hall–Kier alpha value is -1.84. The molecule has 1 amide bonds. The number of nitrogens with one attached hydrogen (secondary N) is 1. The maximum absolute atomic E-state index is 13.1. The number of esters is 1. The smallest absolute Gasteiger partial charge is 0.312 e. The van der Waals surface area contributed by atoms with Crippen molar-refractivity contribution in [3.8, 4) is 0 Å². The molecule has 0 aliphatic heterocycles. The first-order valence-corrected chi connectivity index (χ1v) is 10.1. The highest BCUT2D eigenvalue weighted by atomic mass is 16.5. The number of carbonyl (C=O) groups is 2. The van der Waals surface area contributed by atoms with Crippen LogP contribution in [0.5, 0.6) is 0 Å². The monoisotopic (exact) mass is 353 g/mol. The van der Waals surface area contributed by atoms with Crippen molar-refractivity contribution in [1.82, 2.24) is 5.32 Å². The maximum Gasteiger partial charge on any atom is 0.312 e. The van der Waals surface area contributed by atoms with Crippen molar-refractivity contribution >= 4 is 11.9 Å². The van der Waals surface area contributed by atoms with Crippen molar-refractivity contribution in [2.45, 2.75) is 62.8 Å². The molecule has 4 atom stereocenters. The number of carbonyl (C=O) groups excluding carboxylic acids is 2. The second-order valence-corrected chi connectivity index (χ2v) is 9.31. The third-order valence-electron chi connectivity index (χ3n) is 7.16. The second-order valence-electron chi connectivity index (χ2n) is 9.31. The van der Waals surface area contributed by atoms with Gasteiger partial charge in [-0.2, -0.15) is 0 Å². The normalized spacial score (nSPS) is 37.4. The molecule has 4 bridgehead atoms. The topological polar surface area (TPSA) is 55.4 Å². The van der Waals surface area contributed by atoms with E-state index in [-0.39, 0.29) is 29.3 Å². The van der Waals surface area contributed by atoms with Crippen molar-refractivity contribution in [3.63, 3.8) is 0 Å². The first-order chi connectivity index (χ1) is 12.6. The van der Waals surface area contributed by atoms with Crippen LogP contribution in [-0.2, 0) is 19.7 Å². The van der Waals surface area contributed by atoms with Gasteiger partial charge in [0.25, 0.3) is 5.91 Å². The summed E-state index contributed by atoms with van der Waals surface area (Å²) >= 11 is 0. The van der Waals surface area contributed by atoms with Gasteiger partial charge in [-0.1, -0.05) is 30.3 Å². The number of benzene rings is 1. The predicted molar refractivity (Wildman–Crippen MR) is 97.4 cm³/mol. The number of ether oxygens (including phenoxy) is 1. The molecule has 5 fully saturated rings. The number of rotatable bonds is 5. The Morgan fingerprint density at radius 3 is 2.38 bits per heavy atom. The molecule has 0 heterocycles. The van der Waals surface area contributed by atoms with Crippen molar-refractivity contribution in [1.29, 1.82) is 0 Å². The van der Waals surface area contributed by atoms with Crippen LogP contribution in [0.1, 0.15) is 56.9 Å². The Bertz CT molecular complexity index is 710. The Kier molecular flexibility index (Phi) is 3.67. The van der Waals surface area contributed by atoms with Crippen LogP contribution >= 0.6 is 0 Å². The van der Waals surface area contributed by atoms with Crippen LogP contribution in [-0.4, -0.2) is 24.5 Å². The van der Waals surface area contributed by atoms with Crippen LogP contribution in [0.4, 0.5) is 0 Å². The molecule has 0 saturated heterocycles. The van der Waals surface area contributed by atoms with Crippen molar-refractivity contribution in [2.24, 2.45) is 17.3 Å². The molecule has 0 spiro atoms. The van der Waals surface area contributed by atoms with Gasteiger partial charge in [-0.05, 0) is 74.2 Å². The molecule has 4 heteroatoms. The summed E-state index contributed by atoms with van der Waals surface area (Å²) in [5, 5.41) is 2.90. The molecule has 1 aromatic carbocycles. The quantitative estimate of drug-likeness (QED) is 0.826. The van der Waals surface area contributed by atoms with Gasteiger partial charge in [-0.15, -0.1) is 0 Å². The summed E-state index contributed by atoms with van der Waals surface area (Å²) in [5.74, 6) is 0.954. The minimum Gasteiger partial charge on any atom is -0.455 e. The summed E-state index contributed by atoms with van der Waals surface area (Å²) in [4.78, 5) is 25.0. The molecule has 26 heavy (non-hydrogen) atoms. The zero-order valence-electron chi connectivity index (χ0n) is 15.2. The predicted octanol–water partition coefficient (Wildman–Crippen LogP) is 3.35. The molecule has 1 N–H and O–H groups in total. The molecule has 4 nitrogen and oxygen atoms in total. The van der Waals surface area contributed by atoms with Gasteiger partial charge in [-0.25, -0.2) is 0 Å². The molecule has 6 rings (SSSR count). The molecular formula is C22H27NO3. The van der Waals surface area contributed by atoms with Crippen molar-refractivity contribution in [3.05, 3.63) is 35.9 Å². The fraction of sp³-hybridized carbons (Fsp3) is 0.636. The van der Waals surface area contributed by atoms with Crippen LogP contribution in [0.25, 0.3) is 0 Å². The van der Waals surface area contributed by atoms with Crippen LogP contribution in [0, 0.1) is 17.3 Å². The van der Waals surface area contributed by atoms with E-state index in [2.05, 4.69) is 35.6 Å². The summed E-state index contributed by atoms with van der Waals surface area (Å²) < 4.78 is 5.55. The zero-order chi connectivity index (χ0) is 17.8. The molecule has 5 aliphatic rings. The molecule has 138 valence electrons. The van der Waals surface area contributed by atoms with Gasteiger partial charge in [0.05, 0.1) is 5.41 Å². The third kappa shape index (κ3) is 2.74. The fourth-order valence-corrected chi connectivity index (χ4v) is 6.41. The van der Waals surface area contributed by atoms with Crippen molar-refractivity contribution in [2.75, 3.05) is 6.61 Å². The first-order valence-electron chi connectivity index (χ1n) is 10.1. The lowest BCUT2D eigenvalue weighted by Gasteiger charge is -2.61. The Balaban J connectivity index is 1.35. The van der Waals surface area contributed by atoms with Gasteiger partial charge in [0.2, 0.25) is 0 Å². The Morgan fingerprint density at radius 2 is 1.73 bits per heavy atom. The van der Waals surface area contributed by atoms with E-state index < -0.39 is 0 Å². The lowest BCUT2D eigenvalue weighted by molar-refractivity contribution is -0.175. The third-order valence-corrected chi connectivity index (χ3v) is 7.16. The summed E-state index contributed by atoms with van der Waals surface area (Å²) in [6.45, 7) is -0.120. The van der Waals surface area contributed by atoms with E-state index in [1.54, 1.807) is 0 Å². The van der Waals surface area contributed by atoms with E-state index in [0.717, 1.165) is 32.1 Å². The summed E-state index contributed by atoms with van der Waals surface area (Å²) in [6.07, 6.45) is 8.53. The van der Waals surface area contributed by atoms with Gasteiger partial charge in [0.15, 0.2) is 6.61 Å². The minimum absolute atomic E-state index is 0.120. The molecule has 2 unspecified atom stereocenters. The maximum atomic E-state index is 13.1. The lowest BCUT2D eigenvalue weighted by atomic mass is 9.43. The van der Waals surface area contributed by atoms with E-state index in [1.807, 2.05) is 0 Å². The summed E-state index contributed by atoms with van der Waals surface area (Å²) in [6, 6.07) is 11.1. The average Bonchev–Trinajstić information content (AvgIpc) is 3.43. The van der Waals surface area contributed by atoms with Gasteiger partial charge >= 0.3 is 5.97 Å². The van der Waals surface area contributed by atoms with Gasteiger partial charge in [0, 0.05) is 6.04 Å². The molecule has 5 aliphatic carbocycles. The van der Waals surface area contributed by atoms with Gasteiger partial charge in [0.1, 0.15) is 0 Å². The van der Waals surface area contributed by atoms with E-state index in [1.165, 1.54) is 24.8 Å². The number of hydrogen-bond acceptors (Lipinski definition) is 3. The second kappa shape index (κ2) is 5.83. The Morgan fingerprint density at radius 1 is 1.04 bits per heavy atom. The standard InChI is InChI=1S/C22H27NO3/c24-19(23-18-6-7-18)13-26-20(25)22-11-15-8-16(12-22)10-21(9-15,14-22)17-4-2-1-3-5-17/h1-5,15-16,18H,6-14H2,(H,23,24)/t15-,16+,21?,22?. The Labute approximate surface area is 154 Å². The van der Waals surface area contributed by atoms with E-state index in [9.17, 15) is 9.59 Å². The van der Waals surface area contributed by atoms with E-state index in [0.29, 0.717) is 17.9 Å². The summed E-state index contributed by atoms with van der Waals surface area (Å²) in [7, 11) is 0. The molecular weight excluding hydrogens is 326 g/mol. The molecule has 5 saturated carbocycles. The van der Waals surface area contributed by atoms with Gasteiger partial charge in [-0.3, -0.25) is 9.59 Å². The zero-order valence-corrected chi connectivity index (χ0v) is 15.2. The average molecular weight is 353 g/mol. The van der Waals surface area contributed by atoms with Crippen LogP contribution in [0.2, 0.25) is 0 Å². The molecule has 1 aromatic rings. The highest BCUT2D eigenvalue weighted by molar-refractivity contribution is 5.83. The number of amides is 1. The number of hydrogen-bond donors (Lipinski definition) is 1. The van der Waals surface area contributed by atoms with Crippen LogP contribution in [0.15, 0.2) is 30.3 Å².